The van der Waals surface area contributed by atoms with Crippen LogP contribution in [-0.4, -0.2) is 30.1 Å². The minimum atomic E-state index is -0.636. The molecule has 0 saturated carbocycles. The molecule has 0 unspecified atom stereocenters. The third-order valence-electron chi connectivity index (χ3n) is 1.50. The lowest BCUT2D eigenvalue weighted by Crippen LogP contribution is -2.17. The summed E-state index contributed by atoms with van der Waals surface area (Å²) < 4.78 is 9.26. The van der Waals surface area contributed by atoms with Gasteiger partial charge in [0.05, 0.1) is 6.61 Å². The van der Waals surface area contributed by atoms with Gasteiger partial charge in [-0.2, -0.15) is 0 Å². The molecule has 0 atom stereocenters. The van der Waals surface area contributed by atoms with E-state index in [9.17, 15) is 9.59 Å². The molecule has 0 amide bonds. The topological polar surface area (TPSA) is 65.5 Å². The van der Waals surface area contributed by atoms with Gasteiger partial charge in [0.2, 0.25) is 0 Å². The van der Waals surface area contributed by atoms with Gasteiger partial charge in [0.25, 0.3) is 0 Å². The predicted molar refractivity (Wildman–Crippen MR) is 51.2 cm³/mol. The Morgan fingerprint density at radius 3 is 2.73 bits per heavy atom. The molecule has 0 aliphatic rings. The highest BCUT2D eigenvalue weighted by Crippen LogP contribution is 1.96. The number of rotatable bonds is 4. The number of hydrogen-bond acceptors (Lipinski definition) is 5. The van der Waals surface area contributed by atoms with Crippen LogP contribution in [0.15, 0.2) is 24.4 Å². The van der Waals surface area contributed by atoms with Crippen LogP contribution in [0.25, 0.3) is 0 Å². The lowest BCUT2D eigenvalue weighted by atomic mass is 10.4. The lowest BCUT2D eigenvalue weighted by Gasteiger charge is -2.03. The summed E-state index contributed by atoms with van der Waals surface area (Å²) in [4.78, 5) is 25.9. The van der Waals surface area contributed by atoms with Crippen LogP contribution in [0.4, 0.5) is 0 Å². The van der Waals surface area contributed by atoms with Gasteiger partial charge in [0, 0.05) is 6.20 Å². The van der Waals surface area contributed by atoms with E-state index in [1.807, 2.05) is 0 Å². The van der Waals surface area contributed by atoms with Crippen LogP contribution >= 0.6 is 0 Å². The predicted octanol–water partition coefficient (Wildman–Crippen LogP) is 0.801. The van der Waals surface area contributed by atoms with Gasteiger partial charge < -0.3 is 9.47 Å². The molecule has 0 aliphatic heterocycles. The molecule has 1 rings (SSSR count). The highest BCUT2D eigenvalue weighted by atomic mass is 16.6. The van der Waals surface area contributed by atoms with E-state index in [1.165, 1.54) is 12.3 Å². The molecule has 1 heterocycles. The second-order valence-corrected chi connectivity index (χ2v) is 2.60. The molecular formula is C10H11NO4. The van der Waals surface area contributed by atoms with Crippen LogP contribution in [0.5, 0.6) is 0 Å². The summed E-state index contributed by atoms with van der Waals surface area (Å²) in [5.41, 5.74) is 0.168. The lowest BCUT2D eigenvalue weighted by molar-refractivity contribution is -0.146. The van der Waals surface area contributed by atoms with Gasteiger partial charge in [-0.15, -0.1) is 0 Å². The summed E-state index contributed by atoms with van der Waals surface area (Å²) in [6, 6.07) is 4.85. The van der Waals surface area contributed by atoms with Crippen LogP contribution in [0.1, 0.15) is 17.4 Å². The van der Waals surface area contributed by atoms with Gasteiger partial charge in [-0.3, -0.25) is 0 Å². The van der Waals surface area contributed by atoms with Crippen LogP contribution in [0.2, 0.25) is 0 Å². The first-order valence-corrected chi connectivity index (χ1v) is 4.47. The maximum Gasteiger partial charge on any atom is 0.357 e. The van der Waals surface area contributed by atoms with E-state index in [-0.39, 0.29) is 18.9 Å². The molecule has 0 bridgehead atoms. The third-order valence-corrected chi connectivity index (χ3v) is 1.50. The Hall–Kier alpha value is -1.91. The summed E-state index contributed by atoms with van der Waals surface area (Å²) in [5.74, 6) is -1.20. The fourth-order valence-electron chi connectivity index (χ4n) is 0.885. The standard InChI is InChI=1S/C10H11NO4/c1-2-14-9(12)7-15-10(13)8-5-3-4-6-11-8/h3-6H,2,7H2,1H3. The van der Waals surface area contributed by atoms with Crippen LogP contribution < -0.4 is 0 Å². The zero-order valence-electron chi connectivity index (χ0n) is 8.30. The first-order chi connectivity index (χ1) is 7.24. The van der Waals surface area contributed by atoms with Crippen molar-refractivity contribution >= 4 is 11.9 Å². The molecule has 1 aromatic rings. The highest BCUT2D eigenvalue weighted by Gasteiger charge is 2.10. The summed E-state index contributed by atoms with van der Waals surface area (Å²) in [6.45, 7) is 1.56. The van der Waals surface area contributed by atoms with Crippen molar-refractivity contribution in [3.05, 3.63) is 30.1 Å². The molecule has 80 valence electrons. The van der Waals surface area contributed by atoms with Crippen LogP contribution in [0, 0.1) is 0 Å². The summed E-state index contributed by atoms with van der Waals surface area (Å²) in [6.07, 6.45) is 1.47. The van der Waals surface area contributed by atoms with E-state index in [4.69, 9.17) is 0 Å². The Morgan fingerprint density at radius 2 is 2.13 bits per heavy atom. The third kappa shape index (κ3) is 3.76. The van der Waals surface area contributed by atoms with E-state index in [0.29, 0.717) is 0 Å². The van der Waals surface area contributed by atoms with E-state index in [2.05, 4.69) is 14.5 Å². The Morgan fingerprint density at radius 1 is 1.33 bits per heavy atom. The SMILES string of the molecule is CCOC(=O)COC(=O)c1ccccn1. The van der Waals surface area contributed by atoms with E-state index < -0.39 is 11.9 Å². The molecule has 0 fully saturated rings. The van der Waals surface area contributed by atoms with E-state index >= 15 is 0 Å². The number of carbonyl (C=O) groups is 2. The average Bonchev–Trinajstić information content (AvgIpc) is 2.27. The first-order valence-electron chi connectivity index (χ1n) is 4.47. The molecular weight excluding hydrogens is 198 g/mol. The van der Waals surface area contributed by atoms with Crippen molar-refractivity contribution in [2.45, 2.75) is 6.92 Å². The van der Waals surface area contributed by atoms with Crippen molar-refractivity contribution in [2.24, 2.45) is 0 Å². The maximum atomic E-state index is 11.3. The molecule has 0 radical (unpaired) electrons. The number of aromatic nitrogens is 1. The molecule has 0 aliphatic carbocycles. The maximum absolute atomic E-state index is 11.3. The number of esters is 2. The molecule has 0 saturated heterocycles. The van der Waals surface area contributed by atoms with Gasteiger partial charge in [-0.1, -0.05) is 6.07 Å². The molecule has 15 heavy (non-hydrogen) atoms. The zero-order chi connectivity index (χ0) is 11.1. The summed E-state index contributed by atoms with van der Waals surface area (Å²) in [5, 5.41) is 0. The summed E-state index contributed by atoms with van der Waals surface area (Å²) >= 11 is 0. The van der Waals surface area contributed by atoms with Crippen molar-refractivity contribution in [2.75, 3.05) is 13.2 Å². The van der Waals surface area contributed by atoms with Crippen molar-refractivity contribution in [1.29, 1.82) is 0 Å². The Bertz CT molecular complexity index is 337. The van der Waals surface area contributed by atoms with Crippen molar-refractivity contribution in [3.8, 4) is 0 Å². The molecule has 0 N–H and O–H groups in total. The minimum Gasteiger partial charge on any atom is -0.463 e. The largest absolute Gasteiger partial charge is 0.463 e. The average molecular weight is 209 g/mol. The van der Waals surface area contributed by atoms with Gasteiger partial charge in [0.1, 0.15) is 5.69 Å². The van der Waals surface area contributed by atoms with Gasteiger partial charge in [-0.25, -0.2) is 14.6 Å². The number of pyridine rings is 1. The van der Waals surface area contributed by atoms with Crippen LogP contribution in [-0.2, 0) is 14.3 Å². The monoisotopic (exact) mass is 209 g/mol. The van der Waals surface area contributed by atoms with Gasteiger partial charge in [-0.05, 0) is 19.1 Å². The quantitative estimate of drug-likeness (QED) is 0.686. The normalized spacial score (nSPS) is 9.40. The molecule has 5 heteroatoms. The van der Waals surface area contributed by atoms with Crippen molar-refractivity contribution in [3.63, 3.8) is 0 Å². The van der Waals surface area contributed by atoms with Crippen molar-refractivity contribution < 1.29 is 19.1 Å². The molecule has 0 spiro atoms. The Labute approximate surface area is 87.0 Å². The smallest absolute Gasteiger partial charge is 0.357 e. The fourth-order valence-corrected chi connectivity index (χ4v) is 0.885. The zero-order valence-corrected chi connectivity index (χ0v) is 8.30. The van der Waals surface area contributed by atoms with Gasteiger partial charge in [0.15, 0.2) is 6.61 Å². The Balaban J connectivity index is 2.40. The van der Waals surface area contributed by atoms with E-state index in [1.54, 1.807) is 19.1 Å². The number of hydrogen-bond donors (Lipinski definition) is 0. The van der Waals surface area contributed by atoms with Crippen molar-refractivity contribution in [1.82, 2.24) is 4.98 Å². The molecule has 0 aromatic carbocycles. The van der Waals surface area contributed by atoms with Crippen LogP contribution in [0.3, 0.4) is 0 Å². The minimum absolute atomic E-state index is 0.168. The second kappa shape index (κ2) is 5.74. The van der Waals surface area contributed by atoms with Gasteiger partial charge >= 0.3 is 11.9 Å². The number of nitrogens with zero attached hydrogens (tertiary/aromatic N) is 1. The molecule has 1 aromatic heterocycles. The summed E-state index contributed by atoms with van der Waals surface area (Å²) in [7, 11) is 0. The Kier molecular flexibility index (Phi) is 4.28. The first kappa shape index (κ1) is 11.2. The number of carbonyl (C=O) groups excluding carboxylic acids is 2. The molecule has 5 nitrogen and oxygen atoms in total. The second-order valence-electron chi connectivity index (χ2n) is 2.60. The number of ether oxygens (including phenoxy) is 2. The highest BCUT2D eigenvalue weighted by molar-refractivity contribution is 5.88. The fraction of sp³-hybridized carbons (Fsp3) is 0.300. The van der Waals surface area contributed by atoms with E-state index in [0.717, 1.165) is 0 Å².